The van der Waals surface area contributed by atoms with Crippen LogP contribution in [-0.4, -0.2) is 66.9 Å². The second-order valence-electron chi connectivity index (χ2n) is 7.79. The average Bonchev–Trinajstić information content (AvgIpc) is 3.16. The lowest BCUT2D eigenvalue weighted by atomic mass is 9.83. The normalized spacial score (nSPS) is 19.9. The minimum Gasteiger partial charge on any atom is -0.492 e. The van der Waals surface area contributed by atoms with Crippen molar-refractivity contribution in [1.82, 2.24) is 9.29 Å². The van der Waals surface area contributed by atoms with E-state index in [4.69, 9.17) is 19.4 Å². The number of rotatable bonds is 5. The van der Waals surface area contributed by atoms with Gasteiger partial charge in [0.2, 0.25) is 10.0 Å². The van der Waals surface area contributed by atoms with Crippen molar-refractivity contribution in [2.45, 2.75) is 30.0 Å². The highest BCUT2D eigenvalue weighted by Gasteiger charge is 2.56. The summed E-state index contributed by atoms with van der Waals surface area (Å²) >= 11 is 0. The Morgan fingerprint density at radius 2 is 1.91 bits per heavy atom. The lowest BCUT2D eigenvalue weighted by molar-refractivity contribution is -0.192. The minimum absolute atomic E-state index is 0.173. The summed E-state index contributed by atoms with van der Waals surface area (Å²) in [6, 6.07) is 10.7. The molecule has 2 aliphatic rings. The highest BCUT2D eigenvalue weighted by molar-refractivity contribution is 7.89. The van der Waals surface area contributed by atoms with Crippen LogP contribution in [0.5, 0.6) is 5.75 Å². The van der Waals surface area contributed by atoms with Crippen molar-refractivity contribution in [3.63, 3.8) is 0 Å². The molecule has 0 radical (unpaired) electrons. The average molecular weight is 488 g/mol. The van der Waals surface area contributed by atoms with Gasteiger partial charge in [0.25, 0.3) is 0 Å². The van der Waals surface area contributed by atoms with Gasteiger partial charge in [-0.3, -0.25) is 4.98 Å². The molecule has 0 aliphatic carbocycles. The highest BCUT2D eigenvalue weighted by atomic mass is 32.2. The minimum atomic E-state index is -5.08. The van der Waals surface area contributed by atoms with Gasteiger partial charge in [0.05, 0.1) is 17.7 Å². The van der Waals surface area contributed by atoms with Gasteiger partial charge in [0.15, 0.2) is 0 Å². The maximum atomic E-state index is 12.8. The molecule has 0 bridgehead atoms. The fraction of sp³-hybridized carbons (Fsp3) is 0.429. The number of aromatic nitrogens is 1. The van der Waals surface area contributed by atoms with Gasteiger partial charge in [-0.1, -0.05) is 17.7 Å². The number of ether oxygens (including phenoxy) is 2. The molecular formula is C21H23F3N2O6S. The molecule has 0 saturated carbocycles. The van der Waals surface area contributed by atoms with Crippen molar-refractivity contribution in [2.75, 3.05) is 26.3 Å². The Balaban J connectivity index is 0.000000383. The van der Waals surface area contributed by atoms with E-state index in [1.54, 1.807) is 24.5 Å². The van der Waals surface area contributed by atoms with Gasteiger partial charge in [-0.2, -0.15) is 17.5 Å². The quantitative estimate of drug-likeness (QED) is 0.690. The van der Waals surface area contributed by atoms with Gasteiger partial charge in [-0.15, -0.1) is 0 Å². The molecule has 1 aromatic carbocycles. The number of hydrogen-bond acceptors (Lipinski definition) is 6. The maximum absolute atomic E-state index is 12.8. The van der Waals surface area contributed by atoms with Crippen molar-refractivity contribution in [3.05, 3.63) is 54.4 Å². The molecule has 1 spiro atoms. The molecule has 3 heterocycles. The Morgan fingerprint density at radius 1 is 1.27 bits per heavy atom. The molecule has 1 atom stereocenters. The van der Waals surface area contributed by atoms with E-state index in [9.17, 15) is 21.6 Å². The number of aliphatic carboxylic acids is 1. The Hall–Kier alpha value is -2.70. The summed E-state index contributed by atoms with van der Waals surface area (Å²) in [6.45, 7) is 3.84. The number of carbonyl (C=O) groups is 1. The zero-order valence-electron chi connectivity index (χ0n) is 17.7. The number of carboxylic acids is 1. The molecule has 2 saturated heterocycles. The third-order valence-electron chi connectivity index (χ3n) is 5.47. The first-order valence-electron chi connectivity index (χ1n) is 9.98. The van der Waals surface area contributed by atoms with Crippen LogP contribution in [0.1, 0.15) is 12.0 Å². The fourth-order valence-corrected chi connectivity index (χ4v) is 5.13. The number of alkyl halides is 3. The van der Waals surface area contributed by atoms with Crippen LogP contribution in [0, 0.1) is 12.8 Å². The number of pyridine rings is 1. The molecule has 8 nitrogen and oxygen atoms in total. The van der Waals surface area contributed by atoms with E-state index in [0.717, 1.165) is 17.7 Å². The summed E-state index contributed by atoms with van der Waals surface area (Å²) in [7, 11) is -3.47. The number of aryl methyl sites for hydroxylation is 1. The largest absolute Gasteiger partial charge is 0.492 e. The van der Waals surface area contributed by atoms with E-state index in [0.29, 0.717) is 31.2 Å². The van der Waals surface area contributed by atoms with Crippen LogP contribution in [0.2, 0.25) is 0 Å². The first-order chi connectivity index (χ1) is 15.4. The van der Waals surface area contributed by atoms with Crippen molar-refractivity contribution < 1.29 is 41.0 Å². The van der Waals surface area contributed by atoms with Crippen LogP contribution in [0.25, 0.3) is 0 Å². The zero-order valence-corrected chi connectivity index (χ0v) is 18.5. The van der Waals surface area contributed by atoms with E-state index >= 15 is 0 Å². The van der Waals surface area contributed by atoms with Gasteiger partial charge >= 0.3 is 12.1 Å². The first kappa shape index (κ1) is 24.9. The smallest absolute Gasteiger partial charge is 0.490 e. The molecule has 2 fully saturated rings. The molecule has 1 N–H and O–H groups in total. The topological polar surface area (TPSA) is 106 Å². The molecule has 2 aliphatic heterocycles. The second kappa shape index (κ2) is 9.65. The Kier molecular flexibility index (Phi) is 7.29. The van der Waals surface area contributed by atoms with Crippen LogP contribution in [0.3, 0.4) is 0 Å². The summed E-state index contributed by atoms with van der Waals surface area (Å²) in [5, 5.41) is 7.12. The highest BCUT2D eigenvalue weighted by Crippen LogP contribution is 2.42. The van der Waals surface area contributed by atoms with Crippen molar-refractivity contribution in [2.24, 2.45) is 5.92 Å². The third kappa shape index (κ3) is 5.81. The number of halogens is 3. The van der Waals surface area contributed by atoms with Crippen LogP contribution in [0.15, 0.2) is 53.7 Å². The summed E-state index contributed by atoms with van der Waals surface area (Å²) in [4.78, 5) is 13.3. The third-order valence-corrected chi connectivity index (χ3v) is 7.28. The lowest BCUT2D eigenvalue weighted by Crippen LogP contribution is -2.66. The van der Waals surface area contributed by atoms with Gasteiger partial charge in [0.1, 0.15) is 11.4 Å². The van der Waals surface area contributed by atoms with Gasteiger partial charge in [-0.25, -0.2) is 13.2 Å². The molecule has 12 heteroatoms. The van der Waals surface area contributed by atoms with Crippen LogP contribution in [0.4, 0.5) is 13.2 Å². The van der Waals surface area contributed by atoms with Gasteiger partial charge < -0.3 is 14.6 Å². The number of hydrogen-bond donors (Lipinski definition) is 1. The molecule has 33 heavy (non-hydrogen) atoms. The van der Waals surface area contributed by atoms with E-state index in [-0.39, 0.29) is 5.92 Å². The summed E-state index contributed by atoms with van der Waals surface area (Å²) < 4.78 is 70.6. The number of benzene rings is 1. The summed E-state index contributed by atoms with van der Waals surface area (Å²) in [5.74, 6) is -1.86. The Labute approximate surface area is 189 Å². The monoisotopic (exact) mass is 488 g/mol. The number of sulfonamides is 1. The van der Waals surface area contributed by atoms with E-state index in [1.807, 2.05) is 31.2 Å². The molecule has 4 rings (SSSR count). The van der Waals surface area contributed by atoms with Crippen molar-refractivity contribution in [1.29, 1.82) is 0 Å². The Morgan fingerprint density at radius 3 is 2.45 bits per heavy atom. The zero-order chi connectivity index (χ0) is 24.3. The number of nitrogens with zero attached hydrogens (tertiary/aromatic N) is 2. The van der Waals surface area contributed by atoms with Crippen LogP contribution >= 0.6 is 0 Å². The molecule has 2 aromatic rings. The van der Waals surface area contributed by atoms with Crippen molar-refractivity contribution >= 4 is 16.0 Å². The Bertz CT molecular complexity index is 1060. The fourth-order valence-electron chi connectivity index (χ4n) is 3.58. The second-order valence-corrected chi connectivity index (χ2v) is 9.73. The van der Waals surface area contributed by atoms with E-state index in [2.05, 4.69) is 4.98 Å². The SMILES string of the molecule is Cc1ccc(S(=O)(=O)N2CC3(C2)OCCC3COc2cccnc2)cc1.O=C(O)C(F)(F)F. The van der Waals surface area contributed by atoms with Crippen LogP contribution in [-0.2, 0) is 19.6 Å². The maximum Gasteiger partial charge on any atom is 0.490 e. The van der Waals surface area contributed by atoms with E-state index in [1.165, 1.54) is 4.31 Å². The van der Waals surface area contributed by atoms with E-state index < -0.39 is 27.8 Å². The van der Waals surface area contributed by atoms with Crippen molar-refractivity contribution in [3.8, 4) is 5.75 Å². The van der Waals surface area contributed by atoms with Crippen LogP contribution < -0.4 is 4.74 Å². The first-order valence-corrected chi connectivity index (χ1v) is 11.4. The molecular weight excluding hydrogens is 465 g/mol. The summed E-state index contributed by atoms with van der Waals surface area (Å²) in [5.41, 5.74) is 0.607. The predicted molar refractivity (Wildman–Crippen MR) is 110 cm³/mol. The molecule has 180 valence electrons. The molecule has 1 unspecified atom stereocenters. The standard InChI is InChI=1S/C19H22N2O4S.C2HF3O2/c1-15-4-6-18(7-5-15)26(22,23)21-13-19(14-21)16(8-10-25-19)12-24-17-3-2-9-20-11-17;3-2(4,5)1(6)7/h2-7,9,11,16H,8,10,12-14H2,1H3;(H,6,7). The van der Waals surface area contributed by atoms with Gasteiger partial charge in [0, 0.05) is 31.8 Å². The predicted octanol–water partition coefficient (Wildman–Crippen LogP) is 2.88. The lowest BCUT2D eigenvalue weighted by Gasteiger charge is -2.49. The molecule has 1 aromatic heterocycles. The van der Waals surface area contributed by atoms with Gasteiger partial charge in [-0.05, 0) is 37.6 Å². The molecule has 0 amide bonds. The summed E-state index contributed by atoms with van der Waals surface area (Å²) in [6.07, 6.45) is -0.830. The number of carboxylic acid groups (broad SMARTS) is 1.